The van der Waals surface area contributed by atoms with Crippen molar-refractivity contribution in [2.75, 3.05) is 7.11 Å². The molecule has 0 aliphatic carbocycles. The predicted octanol–water partition coefficient (Wildman–Crippen LogP) is -0.437. The van der Waals surface area contributed by atoms with Gasteiger partial charge in [-0.1, -0.05) is 0 Å². The molecule has 1 radical (unpaired) electrons. The smallest absolute Gasteiger partial charge is 0.317 e. The molecule has 0 bridgehead atoms. The summed E-state index contributed by atoms with van der Waals surface area (Å²) >= 11 is 0. The number of carbonyl (C=O) groups excluding carboxylic acids is 2. The van der Waals surface area contributed by atoms with Crippen molar-refractivity contribution < 1.29 is 14.3 Å². The largest absolute Gasteiger partial charge is 0.468 e. The minimum absolute atomic E-state index is 0.381. The molecule has 0 saturated carbocycles. The van der Waals surface area contributed by atoms with E-state index in [9.17, 15) is 9.59 Å². The van der Waals surface area contributed by atoms with Gasteiger partial charge in [-0.3, -0.25) is 4.79 Å². The van der Waals surface area contributed by atoms with Crippen LogP contribution >= 0.6 is 0 Å². The van der Waals surface area contributed by atoms with E-state index >= 15 is 0 Å². The van der Waals surface area contributed by atoms with Gasteiger partial charge in [-0.25, -0.2) is 0 Å². The van der Waals surface area contributed by atoms with Crippen LogP contribution in [0.15, 0.2) is 0 Å². The molecule has 0 aliphatic rings. The summed E-state index contributed by atoms with van der Waals surface area (Å²) in [6, 6.07) is 0. The number of methoxy groups -OCH3 is 1. The monoisotopic (exact) mass is 101 g/mol. The fourth-order valence-electron chi connectivity index (χ4n) is 0.124. The van der Waals surface area contributed by atoms with E-state index in [0.717, 1.165) is 6.42 Å². The van der Waals surface area contributed by atoms with Gasteiger partial charge in [-0.2, -0.15) is 0 Å². The molecule has 0 heterocycles. The number of hydrogen-bond acceptors (Lipinski definition) is 3. The highest BCUT2D eigenvalue weighted by Gasteiger charge is 1.94. The Morgan fingerprint density at radius 1 is 1.71 bits per heavy atom. The van der Waals surface area contributed by atoms with E-state index < -0.39 is 5.97 Å². The molecule has 3 nitrogen and oxygen atoms in total. The van der Waals surface area contributed by atoms with Gasteiger partial charge in [-0.05, 0) is 0 Å². The highest BCUT2D eigenvalue weighted by Crippen LogP contribution is 1.72. The van der Waals surface area contributed by atoms with Crippen molar-refractivity contribution in [1.29, 1.82) is 0 Å². The topological polar surface area (TPSA) is 43.4 Å². The van der Waals surface area contributed by atoms with Gasteiger partial charge in [-0.15, -0.1) is 0 Å². The Morgan fingerprint density at radius 2 is 2.29 bits per heavy atom. The molecule has 0 aromatic heterocycles. The second-order valence-corrected chi connectivity index (χ2v) is 0.826. The highest BCUT2D eigenvalue weighted by atomic mass is 16.5. The minimum atomic E-state index is -0.616. The van der Waals surface area contributed by atoms with Crippen LogP contribution in [0.25, 0.3) is 0 Å². The molecule has 39 valence electrons. The van der Waals surface area contributed by atoms with Gasteiger partial charge < -0.3 is 9.53 Å². The lowest BCUT2D eigenvalue weighted by molar-refractivity contribution is -0.137. The Balaban J connectivity index is 3.17. The average molecular weight is 101 g/mol. The Bertz CT molecular complexity index is 77.0. The van der Waals surface area contributed by atoms with Crippen molar-refractivity contribution in [3.63, 3.8) is 0 Å². The van der Waals surface area contributed by atoms with Gasteiger partial charge in [0.05, 0.1) is 7.11 Å². The van der Waals surface area contributed by atoms with Gasteiger partial charge in [0.25, 0.3) is 0 Å². The normalized spacial score (nSPS) is 7.57. The van der Waals surface area contributed by atoms with Crippen LogP contribution in [-0.4, -0.2) is 19.4 Å². The predicted molar refractivity (Wildman–Crippen MR) is 22.4 cm³/mol. The van der Waals surface area contributed by atoms with Gasteiger partial charge >= 0.3 is 5.97 Å². The van der Waals surface area contributed by atoms with E-state index in [4.69, 9.17) is 0 Å². The van der Waals surface area contributed by atoms with E-state index in [1.165, 1.54) is 7.11 Å². The average Bonchev–Trinajstić information content (AvgIpc) is 1.68. The molecule has 0 fully saturated rings. The summed E-state index contributed by atoms with van der Waals surface area (Å²) in [5.74, 6) is -0.616. The second-order valence-electron chi connectivity index (χ2n) is 0.826. The maximum atomic E-state index is 9.90. The van der Waals surface area contributed by atoms with Gasteiger partial charge in [0.2, 0.25) is 0 Å². The van der Waals surface area contributed by atoms with Crippen molar-refractivity contribution in [1.82, 2.24) is 0 Å². The van der Waals surface area contributed by atoms with Crippen LogP contribution in [0.1, 0.15) is 0 Å². The molecule has 0 rings (SSSR count). The van der Waals surface area contributed by atoms with Crippen molar-refractivity contribution in [3.8, 4) is 0 Å². The molecule has 7 heavy (non-hydrogen) atoms. The molecule has 0 aliphatic heterocycles. The molecule has 0 atom stereocenters. The third-order valence-electron chi connectivity index (χ3n) is 0.405. The first-order valence-corrected chi connectivity index (χ1v) is 1.67. The van der Waals surface area contributed by atoms with E-state index in [-0.39, 0.29) is 0 Å². The number of carbonyl (C=O) groups is 2. The Kier molecular flexibility index (Phi) is 2.92. The quantitative estimate of drug-likeness (QED) is 0.269. The van der Waals surface area contributed by atoms with Crippen LogP contribution in [0.2, 0.25) is 0 Å². The SMILES string of the molecule is COC(=O)[CH]C=O. The molecule has 0 saturated heterocycles. The van der Waals surface area contributed by atoms with Crippen molar-refractivity contribution in [3.05, 3.63) is 6.42 Å². The maximum absolute atomic E-state index is 9.90. The minimum Gasteiger partial charge on any atom is -0.468 e. The molecule has 0 amide bonds. The van der Waals surface area contributed by atoms with Crippen LogP contribution in [0.5, 0.6) is 0 Å². The van der Waals surface area contributed by atoms with E-state index in [0.29, 0.717) is 6.29 Å². The van der Waals surface area contributed by atoms with Crippen molar-refractivity contribution in [2.45, 2.75) is 0 Å². The summed E-state index contributed by atoms with van der Waals surface area (Å²) in [5.41, 5.74) is 0. The Labute approximate surface area is 41.3 Å². The Hall–Kier alpha value is -0.860. The Morgan fingerprint density at radius 3 is 2.43 bits per heavy atom. The van der Waals surface area contributed by atoms with Crippen LogP contribution in [0.4, 0.5) is 0 Å². The van der Waals surface area contributed by atoms with E-state index in [1.54, 1.807) is 0 Å². The lowest BCUT2D eigenvalue weighted by atomic mass is 10.5. The summed E-state index contributed by atoms with van der Waals surface area (Å²) in [5, 5.41) is 0. The molecule has 3 heteroatoms. The van der Waals surface area contributed by atoms with Crippen LogP contribution in [-0.2, 0) is 14.3 Å². The number of hydrogen-bond donors (Lipinski definition) is 0. The number of esters is 1. The second kappa shape index (κ2) is 3.33. The highest BCUT2D eigenvalue weighted by molar-refractivity contribution is 5.96. The van der Waals surface area contributed by atoms with E-state index in [2.05, 4.69) is 4.74 Å². The fraction of sp³-hybridized carbons (Fsp3) is 0.250. The summed E-state index contributed by atoms with van der Waals surface area (Å²) in [4.78, 5) is 19.3. The molecule has 0 N–H and O–H groups in total. The van der Waals surface area contributed by atoms with Gasteiger partial charge in [0, 0.05) is 0 Å². The van der Waals surface area contributed by atoms with E-state index in [1.807, 2.05) is 0 Å². The zero-order valence-electron chi connectivity index (χ0n) is 3.88. The van der Waals surface area contributed by atoms with Crippen LogP contribution in [0, 0.1) is 6.42 Å². The summed E-state index contributed by atoms with van der Waals surface area (Å²) < 4.78 is 4.06. The fourth-order valence-corrected chi connectivity index (χ4v) is 0.124. The molecule has 0 unspecified atom stereocenters. The van der Waals surface area contributed by atoms with Crippen molar-refractivity contribution in [2.24, 2.45) is 0 Å². The summed E-state index contributed by atoms with van der Waals surface area (Å²) in [7, 11) is 1.21. The van der Waals surface area contributed by atoms with Gasteiger partial charge in [0.15, 0.2) is 0 Å². The number of ether oxygens (including phenoxy) is 1. The molecular formula is C4H5O3. The molecule has 0 aromatic carbocycles. The number of rotatable bonds is 2. The third-order valence-corrected chi connectivity index (χ3v) is 0.405. The molecular weight excluding hydrogens is 96.0 g/mol. The standard InChI is InChI=1S/C4H5O3/c1-7-4(6)2-3-5/h2-3H,1H3. The van der Waals surface area contributed by atoms with Crippen LogP contribution in [0.3, 0.4) is 0 Å². The number of aldehydes is 1. The first-order valence-electron chi connectivity index (χ1n) is 1.67. The zero-order chi connectivity index (χ0) is 5.70. The van der Waals surface area contributed by atoms with Crippen LogP contribution < -0.4 is 0 Å². The zero-order valence-corrected chi connectivity index (χ0v) is 3.88. The lowest BCUT2D eigenvalue weighted by Gasteiger charge is -1.86. The first kappa shape index (κ1) is 6.14. The molecule has 0 spiro atoms. The summed E-state index contributed by atoms with van der Waals surface area (Å²) in [6.45, 7) is 0. The van der Waals surface area contributed by atoms with Gasteiger partial charge in [0.1, 0.15) is 12.7 Å². The van der Waals surface area contributed by atoms with Crippen molar-refractivity contribution >= 4 is 12.3 Å². The summed E-state index contributed by atoms with van der Waals surface area (Å²) in [6.07, 6.45) is 1.19. The first-order chi connectivity index (χ1) is 3.31. The molecule has 0 aromatic rings. The lowest BCUT2D eigenvalue weighted by Crippen LogP contribution is -2.00. The maximum Gasteiger partial charge on any atom is 0.317 e. The third kappa shape index (κ3) is 2.96.